The normalized spacial score (nSPS) is 13.4. The molecule has 3 heterocycles. The summed E-state index contributed by atoms with van der Waals surface area (Å²) in [5, 5.41) is 2.52. The first-order valence-corrected chi connectivity index (χ1v) is 12.3. The lowest BCUT2D eigenvalue weighted by molar-refractivity contribution is -0.127. The summed E-state index contributed by atoms with van der Waals surface area (Å²) in [5.41, 5.74) is 1.22. The monoisotopic (exact) mass is 528 g/mol. The Morgan fingerprint density at radius 2 is 1.59 bits per heavy atom. The van der Waals surface area contributed by atoms with Gasteiger partial charge >= 0.3 is 0 Å². The number of nitrogens with one attached hydrogen (secondary N) is 2. The van der Waals surface area contributed by atoms with E-state index in [2.05, 4.69) is 20.3 Å². The van der Waals surface area contributed by atoms with E-state index in [1.807, 2.05) is 6.07 Å². The van der Waals surface area contributed by atoms with E-state index in [1.165, 1.54) is 17.2 Å². The van der Waals surface area contributed by atoms with Gasteiger partial charge in [-0.05, 0) is 38.1 Å². The highest BCUT2D eigenvalue weighted by molar-refractivity contribution is 6.45. The summed E-state index contributed by atoms with van der Waals surface area (Å²) in [5.74, 6) is -2.40. The van der Waals surface area contributed by atoms with Crippen molar-refractivity contribution >= 4 is 40.2 Å². The van der Waals surface area contributed by atoms with E-state index in [4.69, 9.17) is 0 Å². The highest BCUT2D eigenvalue weighted by Gasteiger charge is 2.31. The Morgan fingerprint density at radius 1 is 0.897 bits per heavy atom. The zero-order chi connectivity index (χ0) is 27.7. The van der Waals surface area contributed by atoms with Crippen LogP contribution in [0.25, 0.3) is 10.9 Å². The maximum atomic E-state index is 14.9. The summed E-state index contributed by atoms with van der Waals surface area (Å²) in [6, 6.07) is 12.8. The van der Waals surface area contributed by atoms with Crippen LogP contribution in [0.2, 0.25) is 0 Å². The van der Waals surface area contributed by atoms with Crippen molar-refractivity contribution in [2.75, 3.05) is 31.5 Å². The molecule has 4 aromatic rings. The summed E-state index contributed by atoms with van der Waals surface area (Å²) >= 11 is 0. The number of hydrogen-bond donors (Lipinski definition) is 2. The van der Waals surface area contributed by atoms with Crippen molar-refractivity contribution in [3.8, 4) is 0 Å². The van der Waals surface area contributed by atoms with E-state index in [-0.39, 0.29) is 59.9 Å². The number of aromatic nitrogens is 3. The van der Waals surface area contributed by atoms with E-state index in [0.29, 0.717) is 17.1 Å². The summed E-state index contributed by atoms with van der Waals surface area (Å²) in [7, 11) is 0. The molecule has 10 nitrogen and oxygen atoms in total. The predicted molar refractivity (Wildman–Crippen MR) is 141 cm³/mol. The molecule has 0 atom stereocenters. The molecule has 5 rings (SSSR count). The van der Waals surface area contributed by atoms with Crippen LogP contribution in [0.15, 0.2) is 54.7 Å². The van der Waals surface area contributed by atoms with E-state index < -0.39 is 23.4 Å². The molecule has 0 spiro atoms. The highest BCUT2D eigenvalue weighted by Crippen LogP contribution is 2.27. The lowest BCUT2D eigenvalue weighted by Crippen LogP contribution is -2.52. The second-order valence-electron chi connectivity index (χ2n) is 9.22. The molecule has 0 aliphatic carbocycles. The number of H-pyrrole nitrogens is 1. The fourth-order valence-electron chi connectivity index (χ4n) is 4.67. The predicted octanol–water partition coefficient (Wildman–Crippen LogP) is 3.13. The fourth-order valence-corrected chi connectivity index (χ4v) is 4.67. The molecule has 0 radical (unpaired) electrons. The molecule has 1 saturated heterocycles. The van der Waals surface area contributed by atoms with Gasteiger partial charge in [-0.15, -0.1) is 0 Å². The first-order valence-electron chi connectivity index (χ1n) is 12.3. The lowest BCUT2D eigenvalue weighted by Gasteiger charge is -2.34. The molecule has 2 N–H and O–H groups in total. The second kappa shape index (κ2) is 10.4. The second-order valence-corrected chi connectivity index (χ2v) is 9.22. The Hall–Kier alpha value is -4.93. The number of halogens is 1. The average molecular weight is 529 g/mol. The van der Waals surface area contributed by atoms with Crippen LogP contribution in [0.4, 0.5) is 10.2 Å². The molecule has 39 heavy (non-hydrogen) atoms. The van der Waals surface area contributed by atoms with E-state index >= 15 is 0 Å². The van der Waals surface area contributed by atoms with E-state index in [0.717, 1.165) is 6.07 Å². The van der Waals surface area contributed by atoms with Gasteiger partial charge in [0.05, 0.1) is 16.6 Å². The maximum absolute atomic E-state index is 14.9. The molecule has 2 aromatic heterocycles. The topological polar surface area (TPSA) is 128 Å². The third-order valence-corrected chi connectivity index (χ3v) is 6.55. The molecule has 0 bridgehead atoms. The Balaban J connectivity index is 1.33. The fraction of sp³-hybridized carbons (Fsp3) is 0.214. The van der Waals surface area contributed by atoms with Gasteiger partial charge in [0, 0.05) is 55.1 Å². The van der Waals surface area contributed by atoms with Crippen molar-refractivity contribution < 1.29 is 23.6 Å². The van der Waals surface area contributed by atoms with Crippen LogP contribution in [0.3, 0.4) is 0 Å². The number of benzene rings is 2. The Morgan fingerprint density at radius 3 is 2.28 bits per heavy atom. The smallest absolute Gasteiger partial charge is 0.295 e. The molecule has 11 heteroatoms. The lowest BCUT2D eigenvalue weighted by atomic mass is 10.0. The van der Waals surface area contributed by atoms with Crippen molar-refractivity contribution in [3.63, 3.8) is 0 Å². The number of aryl methyl sites for hydroxylation is 2. The number of fused-ring (bicyclic) bond motifs is 1. The quantitative estimate of drug-likeness (QED) is 0.303. The van der Waals surface area contributed by atoms with Gasteiger partial charge in [-0.25, -0.2) is 14.4 Å². The van der Waals surface area contributed by atoms with Crippen molar-refractivity contribution in [1.29, 1.82) is 0 Å². The number of Topliss-reactive ketones (excluding diaryl/α,β-unsaturated/α-hetero) is 1. The number of anilines is 1. The summed E-state index contributed by atoms with van der Waals surface area (Å²) in [4.78, 5) is 66.1. The molecular weight excluding hydrogens is 503 g/mol. The van der Waals surface area contributed by atoms with Gasteiger partial charge in [0.25, 0.3) is 23.5 Å². The summed E-state index contributed by atoms with van der Waals surface area (Å²) in [6.45, 7) is 4.32. The molecule has 0 unspecified atom stereocenters. The van der Waals surface area contributed by atoms with Gasteiger partial charge in [-0.2, -0.15) is 0 Å². The number of aromatic amines is 1. The van der Waals surface area contributed by atoms with Gasteiger partial charge in [0.15, 0.2) is 0 Å². The van der Waals surface area contributed by atoms with Crippen molar-refractivity contribution in [3.05, 3.63) is 88.8 Å². The first kappa shape index (κ1) is 25.7. The molecule has 198 valence electrons. The van der Waals surface area contributed by atoms with Gasteiger partial charge in [-0.3, -0.25) is 19.2 Å². The molecule has 2 aromatic carbocycles. The average Bonchev–Trinajstić information content (AvgIpc) is 3.38. The minimum Gasteiger partial charge on any atom is -0.360 e. The summed E-state index contributed by atoms with van der Waals surface area (Å²) in [6.07, 6.45) is 1.24. The number of carbonyl (C=O) groups is 4. The van der Waals surface area contributed by atoms with Gasteiger partial charge < -0.3 is 20.1 Å². The number of amides is 3. The van der Waals surface area contributed by atoms with Crippen molar-refractivity contribution in [2.24, 2.45) is 0 Å². The number of carbonyl (C=O) groups excluding carboxylic acids is 4. The molecular formula is C28H25FN6O4. The van der Waals surface area contributed by atoms with Crippen LogP contribution in [0.1, 0.15) is 42.6 Å². The standard InChI is InChI=1S/C28H25FN6O4/c1-16-14-22(32-17(2)31-16)33-26(37)19-8-9-21(29)23-20(15-30-24(19)23)25(36)28(39)35-12-10-34(11-13-35)27(38)18-6-4-3-5-7-18/h3-9,14-15,30H,10-13H2,1-2H3,(H,31,32,33,37). The molecule has 0 saturated carbocycles. The van der Waals surface area contributed by atoms with Gasteiger partial charge in [-0.1, -0.05) is 18.2 Å². The van der Waals surface area contributed by atoms with Crippen LogP contribution >= 0.6 is 0 Å². The first-order chi connectivity index (χ1) is 18.7. The van der Waals surface area contributed by atoms with E-state index in [9.17, 15) is 23.6 Å². The molecule has 1 fully saturated rings. The number of piperazine rings is 1. The zero-order valence-corrected chi connectivity index (χ0v) is 21.3. The van der Waals surface area contributed by atoms with Crippen LogP contribution in [-0.2, 0) is 4.79 Å². The molecule has 1 aliphatic heterocycles. The Bertz CT molecular complexity index is 1590. The number of hydrogen-bond acceptors (Lipinski definition) is 6. The summed E-state index contributed by atoms with van der Waals surface area (Å²) < 4.78 is 14.9. The van der Waals surface area contributed by atoms with Gasteiger partial charge in [0.1, 0.15) is 17.5 Å². The van der Waals surface area contributed by atoms with Crippen LogP contribution < -0.4 is 5.32 Å². The van der Waals surface area contributed by atoms with Crippen molar-refractivity contribution in [1.82, 2.24) is 24.8 Å². The molecule has 1 aliphatic rings. The number of nitrogens with zero attached hydrogens (tertiary/aromatic N) is 4. The van der Waals surface area contributed by atoms with Gasteiger partial charge in [0.2, 0.25) is 0 Å². The maximum Gasteiger partial charge on any atom is 0.295 e. The molecule has 3 amide bonds. The van der Waals surface area contributed by atoms with Crippen LogP contribution in [0.5, 0.6) is 0 Å². The third-order valence-electron chi connectivity index (χ3n) is 6.55. The Kier molecular flexibility index (Phi) is 6.88. The minimum absolute atomic E-state index is 0.0832. The Labute approximate surface area is 222 Å². The minimum atomic E-state index is -0.900. The number of ketones is 1. The SMILES string of the molecule is Cc1cc(NC(=O)c2ccc(F)c3c(C(=O)C(=O)N4CCN(C(=O)c5ccccc5)CC4)c[nH]c23)nc(C)n1. The third kappa shape index (κ3) is 5.11. The number of rotatable bonds is 5. The van der Waals surface area contributed by atoms with Crippen LogP contribution in [-0.4, -0.2) is 74.4 Å². The largest absolute Gasteiger partial charge is 0.360 e. The van der Waals surface area contributed by atoms with E-state index in [1.54, 1.807) is 49.1 Å². The van der Waals surface area contributed by atoms with Crippen molar-refractivity contribution in [2.45, 2.75) is 13.8 Å². The zero-order valence-electron chi connectivity index (χ0n) is 21.3. The highest BCUT2D eigenvalue weighted by atomic mass is 19.1. The van der Waals surface area contributed by atoms with Crippen LogP contribution in [0, 0.1) is 19.7 Å².